The molecule has 1 aromatic carbocycles. The van der Waals surface area contributed by atoms with Crippen molar-refractivity contribution in [3.8, 4) is 5.75 Å². The van der Waals surface area contributed by atoms with E-state index in [1.807, 2.05) is 0 Å². The zero-order chi connectivity index (χ0) is 13.1. The van der Waals surface area contributed by atoms with E-state index < -0.39 is 18.2 Å². The summed E-state index contributed by atoms with van der Waals surface area (Å²) in [6.07, 6.45) is -1.10. The van der Waals surface area contributed by atoms with Gasteiger partial charge in [-0.1, -0.05) is 0 Å². The van der Waals surface area contributed by atoms with E-state index in [2.05, 4.69) is 10.2 Å². The predicted octanol–water partition coefficient (Wildman–Crippen LogP) is 0.965. The maximum absolute atomic E-state index is 13.0. The molecule has 0 saturated carbocycles. The van der Waals surface area contributed by atoms with Gasteiger partial charge in [-0.25, -0.2) is 9.18 Å². The molecule has 0 amide bonds. The van der Waals surface area contributed by atoms with Crippen LogP contribution in [-0.4, -0.2) is 29.8 Å². The van der Waals surface area contributed by atoms with Gasteiger partial charge in [0.2, 0.25) is 1.43 Å². The van der Waals surface area contributed by atoms with Crippen molar-refractivity contribution >= 4 is 5.97 Å². The monoisotopic (exact) mass is 228 g/mol. The number of aryl methyl sites for hydroxylation is 1. The van der Waals surface area contributed by atoms with Crippen LogP contribution in [0.2, 0.25) is 0 Å². The van der Waals surface area contributed by atoms with Gasteiger partial charge in [-0.2, -0.15) is 0 Å². The second-order valence-electron chi connectivity index (χ2n) is 3.69. The number of carbonyl (C=O) groups is 1. The van der Waals surface area contributed by atoms with Crippen LogP contribution in [0.5, 0.6) is 5.75 Å². The molecular weight excluding hydrogens is 215 g/mol. The quantitative estimate of drug-likeness (QED) is 0.808. The number of aliphatic hydroxyl groups is 1. The number of fused-ring (bicyclic) bond motifs is 1. The highest BCUT2D eigenvalue weighted by Gasteiger charge is 2.31. The number of ether oxygens (including phenoxy) is 1. The number of aliphatic carboxylic acids is 1. The fourth-order valence-corrected chi connectivity index (χ4v) is 1.74. The number of carboxylic acids is 1. The minimum absolute atomic E-state index is 0.352. The molecule has 1 aliphatic heterocycles. The molecule has 5 heteroatoms. The van der Waals surface area contributed by atoms with E-state index >= 15 is 0 Å². The Labute approximate surface area is 94.3 Å². The third-order valence-electron chi connectivity index (χ3n) is 2.57. The Balaban J connectivity index is 2.16. The molecule has 16 heavy (non-hydrogen) atoms. The molecule has 0 saturated heterocycles. The van der Waals surface area contributed by atoms with Crippen LogP contribution in [0.15, 0.2) is 18.2 Å². The average Bonchev–Trinajstić information content (AvgIpc) is 2.39. The summed E-state index contributed by atoms with van der Waals surface area (Å²) in [6.45, 7) is 0. The lowest BCUT2D eigenvalue weighted by Gasteiger charge is -2.27. The van der Waals surface area contributed by atoms with E-state index in [9.17, 15) is 9.18 Å². The third kappa shape index (κ3) is 1.99. The highest BCUT2D eigenvalue weighted by Crippen LogP contribution is 2.29. The van der Waals surface area contributed by atoms with E-state index in [0.29, 0.717) is 24.2 Å². The van der Waals surface area contributed by atoms with Crippen LogP contribution >= 0.6 is 0 Å². The number of rotatable bonds is 3. The van der Waals surface area contributed by atoms with Gasteiger partial charge >= 0.3 is 5.97 Å². The Bertz CT molecular complexity index is 455. The fraction of sp³-hybridized carbons (Fsp3) is 0.364. The minimum atomic E-state index is -1.28. The largest absolute Gasteiger partial charge is 0.487 e. The van der Waals surface area contributed by atoms with Crippen LogP contribution in [0.3, 0.4) is 0 Å². The van der Waals surface area contributed by atoms with Crippen LogP contribution in [0, 0.1) is 5.82 Å². The average molecular weight is 228 g/mol. The summed E-state index contributed by atoms with van der Waals surface area (Å²) in [5.74, 6) is -0.886. The molecule has 2 N–H and O–H groups in total. The molecule has 0 spiro atoms. The number of halogens is 1. The van der Waals surface area contributed by atoms with E-state index in [1.54, 1.807) is 0 Å². The first-order valence-corrected chi connectivity index (χ1v) is 4.89. The van der Waals surface area contributed by atoms with E-state index in [0.717, 1.165) is 0 Å². The highest BCUT2D eigenvalue weighted by molar-refractivity contribution is 5.72. The van der Waals surface area contributed by atoms with Crippen LogP contribution < -0.4 is 4.74 Å². The molecule has 2 unspecified atom stereocenters. The molecule has 0 bridgehead atoms. The van der Waals surface area contributed by atoms with Gasteiger partial charge in [0.25, 0.3) is 1.43 Å². The first-order chi connectivity index (χ1) is 8.65. The molecular formula is C11H11FO4. The molecule has 0 aromatic heterocycles. The van der Waals surface area contributed by atoms with Gasteiger partial charge < -0.3 is 15.0 Å². The van der Waals surface area contributed by atoms with E-state index in [1.165, 1.54) is 18.2 Å². The van der Waals surface area contributed by atoms with Crippen molar-refractivity contribution in [3.63, 3.8) is 0 Å². The molecule has 0 radical (unpaired) electrons. The molecule has 1 aliphatic rings. The normalized spacial score (nSPS) is 22.2. The standard InChI is InChI=1S/C11H11FO4/c12-7-2-4-8-6(5-7)1-3-9(16-8)10(13)11(14)15/h2,4-5,9-10,13H,1,3H2,(H,14,15)/i13D/hD. The minimum Gasteiger partial charge on any atom is -0.487 e. The smallest absolute Gasteiger partial charge is 0.336 e. The Morgan fingerprint density at radius 3 is 3.31 bits per heavy atom. The van der Waals surface area contributed by atoms with Gasteiger partial charge in [-0.05, 0) is 36.6 Å². The summed E-state index contributed by atoms with van der Waals surface area (Å²) in [5, 5.41) is 8.03. The fourth-order valence-electron chi connectivity index (χ4n) is 1.74. The highest BCUT2D eigenvalue weighted by atomic mass is 19.1. The van der Waals surface area contributed by atoms with Crippen molar-refractivity contribution in [1.29, 1.82) is 2.86 Å². The van der Waals surface area contributed by atoms with Gasteiger partial charge in [0.05, 0.1) is 0 Å². The summed E-state index contributed by atoms with van der Waals surface area (Å²) in [4.78, 5) is 11.2. The molecule has 0 aliphatic carbocycles. The summed E-state index contributed by atoms with van der Waals surface area (Å²) in [7, 11) is 0. The van der Waals surface area contributed by atoms with Gasteiger partial charge in [0, 0.05) is 0 Å². The van der Waals surface area contributed by atoms with Gasteiger partial charge in [0.15, 0.2) is 6.10 Å². The van der Waals surface area contributed by atoms with E-state index in [4.69, 9.17) is 7.60 Å². The van der Waals surface area contributed by atoms with Crippen molar-refractivity contribution in [2.75, 3.05) is 0 Å². The maximum Gasteiger partial charge on any atom is 0.336 e. The lowest BCUT2D eigenvalue weighted by molar-refractivity contribution is -0.152. The number of carboxylic acid groups (broad SMARTS) is 1. The third-order valence-corrected chi connectivity index (χ3v) is 2.57. The van der Waals surface area contributed by atoms with Crippen LogP contribution in [0.25, 0.3) is 1.43 Å². The summed E-state index contributed by atoms with van der Waals surface area (Å²) in [6, 6.07) is 4.08. The molecule has 1 aromatic rings. The first kappa shape index (κ1) is 8.52. The first-order valence-electron chi connectivity index (χ1n) is 5.71. The van der Waals surface area contributed by atoms with Crippen molar-refractivity contribution < 1.29 is 24.1 Å². The zero-order valence-electron chi connectivity index (χ0n) is 10.3. The van der Waals surface area contributed by atoms with Crippen molar-refractivity contribution in [1.82, 2.24) is 0 Å². The number of hydrogen-bond acceptors (Lipinski definition) is 4. The number of benzene rings is 1. The SMILES string of the molecule is [2H]OC(=O)C(O[2H])C1CCc2cc(F)ccc2O1. The zero-order valence-corrected chi connectivity index (χ0v) is 8.31. The number of hydrogen-bond donors (Lipinski definition) is 2. The second kappa shape index (κ2) is 4.09. The lowest BCUT2D eigenvalue weighted by Crippen LogP contribution is -2.40. The Hall–Kier alpha value is -1.62. The molecule has 86 valence electrons. The van der Waals surface area contributed by atoms with Crippen molar-refractivity contribution in [3.05, 3.63) is 29.6 Å². The van der Waals surface area contributed by atoms with Crippen LogP contribution in [0.4, 0.5) is 4.39 Å². The Kier molecular flexibility index (Phi) is 2.18. The Morgan fingerprint density at radius 2 is 2.56 bits per heavy atom. The summed E-state index contributed by atoms with van der Waals surface area (Å²) in [5.41, 5.74) is 0.703. The molecule has 2 atom stereocenters. The van der Waals surface area contributed by atoms with Gasteiger partial charge in [-0.15, -0.1) is 0 Å². The Morgan fingerprint density at radius 1 is 1.69 bits per heavy atom. The lowest BCUT2D eigenvalue weighted by atomic mass is 9.99. The second-order valence-corrected chi connectivity index (χ2v) is 3.69. The van der Waals surface area contributed by atoms with Crippen LogP contribution in [0.1, 0.15) is 12.0 Å². The molecule has 0 fully saturated rings. The van der Waals surface area contributed by atoms with Crippen LogP contribution in [-0.2, 0) is 11.2 Å². The summed E-state index contributed by atoms with van der Waals surface area (Å²) < 4.78 is 31.8. The topological polar surface area (TPSA) is 66.8 Å². The van der Waals surface area contributed by atoms with Crippen molar-refractivity contribution in [2.24, 2.45) is 0 Å². The number of aliphatic hydroxyl groups excluding tert-OH is 1. The maximum atomic E-state index is 13.0. The van der Waals surface area contributed by atoms with Gasteiger partial charge in [-0.3, -0.25) is 0 Å². The van der Waals surface area contributed by atoms with E-state index in [-0.39, 0.29) is 5.82 Å². The molecule has 2 rings (SSSR count). The summed E-state index contributed by atoms with van der Waals surface area (Å²) >= 11 is 0. The molecule has 1 heterocycles. The molecule has 4 nitrogen and oxygen atoms in total. The van der Waals surface area contributed by atoms with Gasteiger partial charge in [0.1, 0.15) is 17.7 Å². The van der Waals surface area contributed by atoms with Crippen molar-refractivity contribution in [2.45, 2.75) is 25.0 Å². The predicted molar refractivity (Wildman–Crippen MR) is 52.8 cm³/mol.